The van der Waals surface area contributed by atoms with Gasteiger partial charge in [-0.25, -0.2) is 22.9 Å². The van der Waals surface area contributed by atoms with Crippen molar-refractivity contribution < 1.29 is 59.7 Å². The first-order chi connectivity index (χ1) is 27.5. The SMILES string of the molecule is COc1ccc2c(OC3CC4C(=O)NC5(C(=O)NS(=O)(=O)C6(Cl)CC6)CC5C=CCCC(C)CC(C)C(NC(=O)OC(C)(C)C(F)(F)F)C(=O)N4C3)ncc(OC)c2c1. The van der Waals surface area contributed by atoms with E-state index in [1.807, 2.05) is 13.0 Å². The number of rotatable bonds is 9. The molecule has 3 fully saturated rings. The Morgan fingerprint density at radius 3 is 2.42 bits per heavy atom. The Bertz CT molecular complexity index is 2130. The molecule has 4 amide bonds. The van der Waals surface area contributed by atoms with Crippen LogP contribution in [0.4, 0.5) is 18.0 Å². The molecular weight excluding hydrogens is 823 g/mol. The Kier molecular flexibility index (Phi) is 12.1. The monoisotopic (exact) mass is 871 g/mol. The summed E-state index contributed by atoms with van der Waals surface area (Å²) in [7, 11) is -1.35. The van der Waals surface area contributed by atoms with Crippen LogP contribution >= 0.6 is 11.6 Å². The lowest BCUT2D eigenvalue weighted by molar-refractivity contribution is -0.244. The Labute approximate surface area is 345 Å². The minimum absolute atomic E-state index is 0.0509. The lowest BCUT2D eigenvalue weighted by Crippen LogP contribution is -2.59. The van der Waals surface area contributed by atoms with Crippen molar-refractivity contribution in [2.75, 3.05) is 20.8 Å². The number of carbonyl (C=O) groups excluding carboxylic acids is 4. The van der Waals surface area contributed by atoms with Crippen molar-refractivity contribution in [3.05, 3.63) is 36.5 Å². The fourth-order valence-corrected chi connectivity index (χ4v) is 9.10. The number of halogens is 4. The van der Waals surface area contributed by atoms with Crippen molar-refractivity contribution in [3.8, 4) is 17.4 Å². The van der Waals surface area contributed by atoms with E-state index in [2.05, 4.69) is 20.3 Å². The van der Waals surface area contributed by atoms with Crippen LogP contribution in [0.25, 0.3) is 10.8 Å². The van der Waals surface area contributed by atoms with Gasteiger partial charge < -0.3 is 34.5 Å². The van der Waals surface area contributed by atoms with Crippen LogP contribution in [0.1, 0.15) is 72.6 Å². The molecular formula is C39H49ClF3N5O10S. The van der Waals surface area contributed by atoms with Gasteiger partial charge in [0.1, 0.15) is 35.2 Å². The average molecular weight is 872 g/mol. The minimum atomic E-state index is -4.93. The van der Waals surface area contributed by atoms with E-state index in [0.29, 0.717) is 55.4 Å². The second-order valence-electron chi connectivity index (χ2n) is 16.5. The highest BCUT2D eigenvalue weighted by Crippen LogP contribution is 2.49. The number of ether oxygens (including phenoxy) is 4. The molecule has 324 valence electrons. The Balaban J connectivity index is 1.36. The summed E-state index contributed by atoms with van der Waals surface area (Å²) >= 11 is 6.20. The van der Waals surface area contributed by atoms with Crippen LogP contribution in [-0.2, 0) is 29.1 Å². The van der Waals surface area contributed by atoms with Crippen LogP contribution < -0.4 is 29.6 Å². The van der Waals surface area contributed by atoms with Crippen molar-refractivity contribution >= 4 is 56.2 Å². The number of pyridine rings is 1. The highest BCUT2D eigenvalue weighted by molar-refractivity contribution is 7.93. The molecule has 20 heteroatoms. The van der Waals surface area contributed by atoms with Gasteiger partial charge in [0.2, 0.25) is 23.3 Å². The number of alkyl carbamates (subject to hydrolysis) is 1. The van der Waals surface area contributed by atoms with Gasteiger partial charge in [-0.05, 0) is 82.4 Å². The largest absolute Gasteiger partial charge is 0.497 e. The number of hydrogen-bond donors (Lipinski definition) is 3. The van der Waals surface area contributed by atoms with Gasteiger partial charge in [-0.2, -0.15) is 13.2 Å². The van der Waals surface area contributed by atoms with E-state index in [-0.39, 0.29) is 44.0 Å². The summed E-state index contributed by atoms with van der Waals surface area (Å²) in [6, 6.07) is 2.27. The molecule has 0 spiro atoms. The van der Waals surface area contributed by atoms with Gasteiger partial charge in [0.05, 0.1) is 27.0 Å². The van der Waals surface area contributed by atoms with Gasteiger partial charge in [-0.1, -0.05) is 37.6 Å². The van der Waals surface area contributed by atoms with Crippen LogP contribution in [0.15, 0.2) is 36.5 Å². The van der Waals surface area contributed by atoms with Crippen molar-refractivity contribution in [1.29, 1.82) is 0 Å². The van der Waals surface area contributed by atoms with E-state index >= 15 is 0 Å². The zero-order valence-corrected chi connectivity index (χ0v) is 35.1. The van der Waals surface area contributed by atoms with E-state index in [1.54, 1.807) is 31.2 Å². The maximum Gasteiger partial charge on any atom is 0.427 e. The molecule has 0 bridgehead atoms. The normalized spacial score (nSPS) is 28.5. The molecule has 1 aromatic carbocycles. The maximum absolute atomic E-state index is 14.8. The number of amides is 4. The molecule has 3 N–H and O–H groups in total. The van der Waals surface area contributed by atoms with Crippen molar-refractivity contribution in [1.82, 2.24) is 25.2 Å². The molecule has 59 heavy (non-hydrogen) atoms. The van der Waals surface area contributed by atoms with Crippen LogP contribution in [0.3, 0.4) is 0 Å². The summed E-state index contributed by atoms with van der Waals surface area (Å²) in [5.74, 6) is -2.88. The predicted molar refractivity (Wildman–Crippen MR) is 208 cm³/mol. The molecule has 0 radical (unpaired) electrons. The number of carbonyl (C=O) groups is 4. The first-order valence-electron chi connectivity index (χ1n) is 19.3. The molecule has 2 aromatic rings. The van der Waals surface area contributed by atoms with E-state index in [1.165, 1.54) is 20.4 Å². The maximum atomic E-state index is 14.8. The van der Waals surface area contributed by atoms with Crippen molar-refractivity contribution in [2.45, 2.75) is 112 Å². The zero-order valence-electron chi connectivity index (χ0n) is 33.5. The molecule has 1 aromatic heterocycles. The molecule has 3 heterocycles. The van der Waals surface area contributed by atoms with Gasteiger partial charge in [0.15, 0.2) is 4.21 Å². The van der Waals surface area contributed by atoms with Gasteiger partial charge in [-0.3, -0.25) is 14.4 Å². The Hall–Kier alpha value is -4.52. The summed E-state index contributed by atoms with van der Waals surface area (Å²) < 4.78 is 89.8. The highest BCUT2D eigenvalue weighted by Gasteiger charge is 2.64. The van der Waals surface area contributed by atoms with Crippen LogP contribution in [0, 0.1) is 17.8 Å². The summed E-state index contributed by atoms with van der Waals surface area (Å²) in [5, 5.41) is 6.22. The quantitative estimate of drug-likeness (QED) is 0.225. The second kappa shape index (κ2) is 16.2. The third-order valence-corrected chi connectivity index (χ3v) is 14.4. The fraction of sp³-hybridized carbons (Fsp3) is 0.615. The smallest absolute Gasteiger partial charge is 0.427 e. The Morgan fingerprint density at radius 2 is 1.78 bits per heavy atom. The lowest BCUT2D eigenvalue weighted by atomic mass is 9.88. The van der Waals surface area contributed by atoms with Gasteiger partial charge >= 0.3 is 12.3 Å². The number of benzene rings is 1. The topological polar surface area (TPSA) is 192 Å². The number of fused-ring (bicyclic) bond motifs is 3. The third kappa shape index (κ3) is 9.00. The molecule has 7 atom stereocenters. The highest BCUT2D eigenvalue weighted by atomic mass is 35.5. The Morgan fingerprint density at radius 1 is 1.07 bits per heavy atom. The summed E-state index contributed by atoms with van der Waals surface area (Å²) in [6.07, 6.45) is -0.712. The number of nitrogens with zero attached hydrogens (tertiary/aromatic N) is 2. The van der Waals surface area contributed by atoms with Crippen molar-refractivity contribution in [3.63, 3.8) is 0 Å². The van der Waals surface area contributed by atoms with Gasteiger partial charge in [0.25, 0.3) is 15.9 Å². The van der Waals surface area contributed by atoms with Gasteiger partial charge in [0, 0.05) is 23.1 Å². The molecule has 15 nitrogen and oxygen atoms in total. The molecule has 2 aliphatic heterocycles. The number of methoxy groups -OCH3 is 2. The summed E-state index contributed by atoms with van der Waals surface area (Å²) in [6.45, 7) is 4.70. The van der Waals surface area contributed by atoms with Crippen LogP contribution in [0.2, 0.25) is 0 Å². The number of nitrogens with one attached hydrogen (secondary N) is 3. The number of hydrogen-bond acceptors (Lipinski definition) is 11. The first kappa shape index (κ1) is 44.0. The van der Waals surface area contributed by atoms with Crippen LogP contribution in [0.5, 0.6) is 17.4 Å². The van der Waals surface area contributed by atoms with E-state index in [9.17, 15) is 40.8 Å². The zero-order chi connectivity index (χ0) is 43.3. The summed E-state index contributed by atoms with van der Waals surface area (Å²) in [5.41, 5.74) is -4.62. The van der Waals surface area contributed by atoms with E-state index in [0.717, 1.165) is 4.90 Å². The van der Waals surface area contributed by atoms with Crippen molar-refractivity contribution in [2.24, 2.45) is 17.8 Å². The average Bonchev–Trinajstić information content (AvgIpc) is 4.04. The minimum Gasteiger partial charge on any atom is -0.497 e. The standard InChI is InChI=1S/C39H49ClF3N5O10S/c1-21-9-7-8-10-23-18-38(23,34(51)47-59(53,54)37(40)13-14-37)46-31(49)28-17-25(57-32-26-12-11-24(55-5)16-27(26)29(56-6)19-44-32)20-48(28)33(50)30(22(2)15-21)45-35(52)58-36(3,4)39(41,42)43/h8,10-12,16,19,21-23,25,28,30H,7,9,13-15,17-18,20H2,1-6H3,(H,45,52)(H,46,49)(H,47,51). The van der Waals surface area contributed by atoms with Gasteiger partial charge in [-0.15, -0.1) is 0 Å². The lowest BCUT2D eigenvalue weighted by Gasteiger charge is -2.34. The number of alkyl halides is 4. The predicted octanol–water partition coefficient (Wildman–Crippen LogP) is 5.10. The molecule has 4 aliphatic rings. The molecule has 7 unspecified atom stereocenters. The first-order valence-corrected chi connectivity index (χ1v) is 21.2. The summed E-state index contributed by atoms with van der Waals surface area (Å²) in [4.78, 5) is 61.9. The van der Waals surface area contributed by atoms with Crippen LogP contribution in [-0.4, -0.2) is 103 Å². The number of allylic oxidation sites excluding steroid dienone is 1. The second-order valence-corrected chi connectivity index (χ2v) is 19.4. The van der Waals surface area contributed by atoms with E-state index in [4.69, 9.17) is 30.5 Å². The van der Waals surface area contributed by atoms with E-state index < -0.39 is 85.4 Å². The fourth-order valence-electron chi connectivity index (χ4n) is 7.64. The molecule has 1 saturated heterocycles. The third-order valence-electron chi connectivity index (χ3n) is 11.6. The number of aromatic nitrogens is 1. The molecule has 2 aliphatic carbocycles. The number of sulfonamides is 1. The molecule has 6 rings (SSSR count). The molecule has 2 saturated carbocycles.